The molecule has 3 aromatic rings. The summed E-state index contributed by atoms with van der Waals surface area (Å²) < 4.78 is 0. The molecular formula is C25H26NP. The lowest BCUT2D eigenvalue weighted by Crippen LogP contribution is -2.33. The van der Waals surface area contributed by atoms with Crippen molar-refractivity contribution in [1.29, 1.82) is 0 Å². The number of aliphatic imine (C=N–C) groups is 1. The van der Waals surface area contributed by atoms with E-state index in [2.05, 4.69) is 97.2 Å². The van der Waals surface area contributed by atoms with Crippen LogP contribution in [0.1, 0.15) is 31.2 Å². The van der Waals surface area contributed by atoms with E-state index in [0.717, 1.165) is 0 Å². The lowest BCUT2D eigenvalue weighted by Gasteiger charge is -2.36. The van der Waals surface area contributed by atoms with E-state index in [4.69, 9.17) is 4.99 Å². The molecule has 0 spiro atoms. The highest BCUT2D eigenvalue weighted by Crippen LogP contribution is 2.47. The largest absolute Gasteiger partial charge is 0.289 e. The second-order valence-electron chi connectivity index (χ2n) is 7.15. The molecule has 1 aliphatic carbocycles. The Balaban J connectivity index is 1.67. The summed E-state index contributed by atoms with van der Waals surface area (Å²) in [5, 5.41) is 2.95. The van der Waals surface area contributed by atoms with E-state index < -0.39 is 7.92 Å². The third kappa shape index (κ3) is 4.54. The molecule has 0 aromatic heterocycles. The van der Waals surface area contributed by atoms with Crippen molar-refractivity contribution in [3.05, 3.63) is 96.6 Å². The molecule has 0 saturated heterocycles. The highest BCUT2D eigenvalue weighted by atomic mass is 31.1. The maximum Gasteiger partial charge on any atom is 0.0573 e. The van der Waals surface area contributed by atoms with Gasteiger partial charge in [0.2, 0.25) is 0 Å². The Morgan fingerprint density at radius 1 is 0.667 bits per heavy atom. The van der Waals surface area contributed by atoms with Crippen LogP contribution in [0.4, 0.5) is 0 Å². The van der Waals surface area contributed by atoms with Crippen LogP contribution >= 0.6 is 7.92 Å². The molecule has 3 aromatic carbocycles. The van der Waals surface area contributed by atoms with Gasteiger partial charge in [-0.25, -0.2) is 0 Å². The third-order valence-corrected chi connectivity index (χ3v) is 8.28. The van der Waals surface area contributed by atoms with Crippen LogP contribution in [-0.2, 0) is 0 Å². The molecule has 2 heteroatoms. The molecule has 27 heavy (non-hydrogen) atoms. The van der Waals surface area contributed by atoms with Crippen LogP contribution in [0.5, 0.6) is 0 Å². The highest BCUT2D eigenvalue weighted by molar-refractivity contribution is 7.73. The number of rotatable bonds is 5. The first kappa shape index (κ1) is 18.1. The molecule has 0 unspecified atom stereocenters. The van der Waals surface area contributed by atoms with Gasteiger partial charge in [-0.05, 0) is 36.9 Å². The highest BCUT2D eigenvalue weighted by Gasteiger charge is 2.33. The minimum absolute atomic E-state index is 0.403. The maximum absolute atomic E-state index is 5.10. The Labute approximate surface area is 163 Å². The van der Waals surface area contributed by atoms with Gasteiger partial charge in [-0.15, -0.1) is 0 Å². The van der Waals surface area contributed by atoms with Gasteiger partial charge in [0, 0.05) is 11.9 Å². The predicted molar refractivity (Wildman–Crippen MR) is 119 cm³/mol. The van der Waals surface area contributed by atoms with E-state index in [-0.39, 0.29) is 0 Å². The van der Waals surface area contributed by atoms with Crippen LogP contribution in [0.25, 0.3) is 0 Å². The maximum atomic E-state index is 5.10. The Hall–Kier alpha value is -2.24. The molecule has 1 fully saturated rings. The fraction of sp³-hybridized carbons (Fsp3) is 0.240. The molecule has 136 valence electrons. The molecule has 4 rings (SSSR count). The number of benzene rings is 3. The zero-order valence-corrected chi connectivity index (χ0v) is 16.5. The average Bonchev–Trinajstić information content (AvgIpc) is 2.76. The van der Waals surface area contributed by atoms with Gasteiger partial charge >= 0.3 is 0 Å². The molecule has 1 aliphatic rings. The van der Waals surface area contributed by atoms with E-state index >= 15 is 0 Å². The van der Waals surface area contributed by atoms with E-state index in [1.807, 2.05) is 0 Å². The summed E-state index contributed by atoms with van der Waals surface area (Å²) in [6.07, 6.45) is 7.17. The molecule has 1 nitrogen and oxygen atoms in total. The Morgan fingerprint density at radius 3 is 1.78 bits per heavy atom. The summed E-state index contributed by atoms with van der Waals surface area (Å²) >= 11 is 0. The Kier molecular flexibility index (Phi) is 6.12. The van der Waals surface area contributed by atoms with Gasteiger partial charge in [0.25, 0.3) is 0 Å². The number of nitrogens with zero attached hydrogens (tertiary/aromatic N) is 1. The normalized spacial score (nSPS) is 20.2. The van der Waals surface area contributed by atoms with Crippen LogP contribution in [-0.4, -0.2) is 17.9 Å². The monoisotopic (exact) mass is 371 g/mol. The zero-order valence-electron chi connectivity index (χ0n) is 15.6. The van der Waals surface area contributed by atoms with Gasteiger partial charge in [-0.2, -0.15) is 0 Å². The van der Waals surface area contributed by atoms with E-state index in [9.17, 15) is 0 Å². The Bertz CT molecular complexity index is 806. The lowest BCUT2D eigenvalue weighted by atomic mass is 9.95. The minimum Gasteiger partial charge on any atom is -0.289 e. The standard InChI is InChI=1S/C25H26NP/c1-4-12-21(13-5-1)20-26-24-18-10-11-19-25(24)27(22-14-6-2-7-15-22)23-16-8-3-9-17-23/h1-9,12-17,20,24-25H,10-11,18-19H2/t24-,25-/m1/s1. The first-order valence-electron chi connectivity index (χ1n) is 9.89. The van der Waals surface area contributed by atoms with Crippen LogP contribution < -0.4 is 10.6 Å². The van der Waals surface area contributed by atoms with Crippen molar-refractivity contribution in [3.8, 4) is 0 Å². The minimum atomic E-state index is -0.403. The van der Waals surface area contributed by atoms with Crippen LogP contribution in [0.2, 0.25) is 0 Å². The summed E-state index contributed by atoms with van der Waals surface area (Å²) in [5.74, 6) is 0. The lowest BCUT2D eigenvalue weighted by molar-refractivity contribution is 0.453. The third-order valence-electron chi connectivity index (χ3n) is 5.31. The van der Waals surface area contributed by atoms with Crippen molar-refractivity contribution < 1.29 is 0 Å². The average molecular weight is 371 g/mol. The second-order valence-corrected chi connectivity index (χ2v) is 9.59. The quantitative estimate of drug-likeness (QED) is 0.412. The molecular weight excluding hydrogens is 345 g/mol. The molecule has 0 radical (unpaired) electrons. The predicted octanol–water partition coefficient (Wildman–Crippen LogP) is 5.55. The first-order valence-corrected chi connectivity index (χ1v) is 11.3. The van der Waals surface area contributed by atoms with Crippen molar-refractivity contribution in [3.63, 3.8) is 0 Å². The van der Waals surface area contributed by atoms with E-state index in [1.54, 1.807) is 0 Å². The fourth-order valence-corrected chi connectivity index (χ4v) is 7.06. The van der Waals surface area contributed by atoms with Crippen LogP contribution in [0, 0.1) is 0 Å². The molecule has 0 amide bonds. The molecule has 1 saturated carbocycles. The van der Waals surface area contributed by atoms with Crippen molar-refractivity contribution in [2.45, 2.75) is 37.4 Å². The summed E-state index contributed by atoms with van der Waals surface area (Å²) in [6.45, 7) is 0. The summed E-state index contributed by atoms with van der Waals surface area (Å²) in [7, 11) is -0.403. The van der Waals surface area contributed by atoms with Crippen LogP contribution in [0.15, 0.2) is 96.0 Å². The van der Waals surface area contributed by atoms with Crippen molar-refractivity contribution in [1.82, 2.24) is 0 Å². The summed E-state index contributed by atoms with van der Waals surface area (Å²) in [4.78, 5) is 5.10. The smallest absolute Gasteiger partial charge is 0.0573 e. The summed E-state index contributed by atoms with van der Waals surface area (Å²) in [5.41, 5.74) is 1.81. The molecule has 2 atom stereocenters. The van der Waals surface area contributed by atoms with Gasteiger partial charge in [0.15, 0.2) is 0 Å². The molecule has 0 N–H and O–H groups in total. The second kappa shape index (κ2) is 9.11. The topological polar surface area (TPSA) is 12.4 Å². The van der Waals surface area contributed by atoms with Crippen molar-refractivity contribution in [2.75, 3.05) is 0 Å². The number of hydrogen-bond donors (Lipinski definition) is 0. The molecule has 0 heterocycles. The van der Waals surface area contributed by atoms with Crippen molar-refractivity contribution >= 4 is 24.7 Å². The first-order chi connectivity index (χ1) is 13.4. The Morgan fingerprint density at radius 2 is 1.19 bits per heavy atom. The van der Waals surface area contributed by atoms with Gasteiger partial charge in [-0.3, -0.25) is 4.99 Å². The van der Waals surface area contributed by atoms with Gasteiger partial charge < -0.3 is 0 Å². The number of hydrogen-bond acceptors (Lipinski definition) is 1. The van der Waals surface area contributed by atoms with Crippen LogP contribution in [0.3, 0.4) is 0 Å². The van der Waals surface area contributed by atoms with Crippen molar-refractivity contribution in [2.24, 2.45) is 4.99 Å². The SMILES string of the molecule is C(=N[C@@H]1CCCC[C@H]1P(c1ccccc1)c1ccccc1)c1ccccc1. The van der Waals surface area contributed by atoms with E-state index in [1.165, 1.54) is 41.9 Å². The van der Waals surface area contributed by atoms with Gasteiger partial charge in [0.05, 0.1) is 6.04 Å². The molecule has 0 aliphatic heterocycles. The van der Waals surface area contributed by atoms with Gasteiger partial charge in [0.1, 0.15) is 0 Å². The summed E-state index contributed by atoms with van der Waals surface area (Å²) in [6, 6.07) is 33.1. The fourth-order valence-electron chi connectivity index (χ4n) is 4.00. The molecule has 0 bridgehead atoms. The van der Waals surface area contributed by atoms with E-state index in [0.29, 0.717) is 11.7 Å². The zero-order chi connectivity index (χ0) is 18.3. The van der Waals surface area contributed by atoms with Gasteiger partial charge in [-0.1, -0.05) is 104 Å².